The zero-order valence-corrected chi connectivity index (χ0v) is 11.0. The third-order valence-electron chi connectivity index (χ3n) is 3.08. The average Bonchev–Trinajstić information content (AvgIpc) is 2.33. The lowest BCUT2D eigenvalue weighted by molar-refractivity contribution is 0.394. The summed E-state index contributed by atoms with van der Waals surface area (Å²) in [5.74, 6) is -0.0491. The van der Waals surface area contributed by atoms with E-state index in [-0.39, 0.29) is 17.5 Å². The highest BCUT2D eigenvalue weighted by Crippen LogP contribution is 2.18. The number of anilines is 2. The molecule has 0 aromatic carbocycles. The Bertz CT molecular complexity index is 504. The molecule has 1 aromatic heterocycles. The summed E-state index contributed by atoms with van der Waals surface area (Å²) >= 11 is 0. The molecule has 18 heavy (non-hydrogen) atoms. The van der Waals surface area contributed by atoms with Crippen LogP contribution in [0.2, 0.25) is 0 Å². The van der Waals surface area contributed by atoms with Gasteiger partial charge in [0.2, 0.25) is 0 Å². The SMILES string of the molecule is CCCCC(CCC)n1c(=O)[nH]c(N)c(N)c1=O. The first-order valence-electron chi connectivity index (χ1n) is 6.42. The number of rotatable bonds is 6. The molecule has 1 unspecified atom stereocenters. The quantitative estimate of drug-likeness (QED) is 0.709. The van der Waals surface area contributed by atoms with Crippen LogP contribution in [0.15, 0.2) is 9.59 Å². The first kappa shape index (κ1) is 14.3. The molecule has 5 N–H and O–H groups in total. The molecule has 102 valence electrons. The molecule has 6 heteroatoms. The number of nitrogen functional groups attached to an aromatic ring is 2. The molecule has 0 radical (unpaired) electrons. The molecular formula is C12H22N4O2. The Kier molecular flexibility index (Phi) is 5.00. The van der Waals surface area contributed by atoms with Crippen LogP contribution in [0, 0.1) is 0 Å². The van der Waals surface area contributed by atoms with Crippen LogP contribution in [0.25, 0.3) is 0 Å². The van der Waals surface area contributed by atoms with Gasteiger partial charge >= 0.3 is 5.69 Å². The lowest BCUT2D eigenvalue weighted by Crippen LogP contribution is -2.40. The Morgan fingerprint density at radius 3 is 2.39 bits per heavy atom. The molecular weight excluding hydrogens is 232 g/mol. The maximum Gasteiger partial charge on any atom is 0.330 e. The summed E-state index contributed by atoms with van der Waals surface area (Å²) in [4.78, 5) is 26.3. The summed E-state index contributed by atoms with van der Waals surface area (Å²) in [5.41, 5.74) is 10.0. The maximum atomic E-state index is 12.0. The standard InChI is InChI=1S/C12H22N4O2/c1-3-5-7-8(6-4-2)16-11(17)9(13)10(14)15-12(16)18/h8H,3-7,13-14H2,1-2H3,(H,15,18). The van der Waals surface area contributed by atoms with Crippen LogP contribution < -0.4 is 22.7 Å². The molecule has 1 rings (SSSR count). The molecule has 0 bridgehead atoms. The number of aromatic amines is 1. The number of hydrogen-bond acceptors (Lipinski definition) is 4. The van der Waals surface area contributed by atoms with E-state index in [4.69, 9.17) is 11.5 Å². The van der Waals surface area contributed by atoms with E-state index in [0.29, 0.717) is 0 Å². The number of nitrogens with one attached hydrogen (secondary N) is 1. The number of unbranched alkanes of at least 4 members (excludes halogenated alkanes) is 1. The number of hydrogen-bond donors (Lipinski definition) is 3. The summed E-state index contributed by atoms with van der Waals surface area (Å²) in [7, 11) is 0. The highest BCUT2D eigenvalue weighted by atomic mass is 16.2. The Morgan fingerprint density at radius 1 is 1.17 bits per heavy atom. The first-order chi connectivity index (χ1) is 8.52. The van der Waals surface area contributed by atoms with Crippen LogP contribution in [0.3, 0.4) is 0 Å². The van der Waals surface area contributed by atoms with E-state index in [1.807, 2.05) is 6.92 Å². The zero-order chi connectivity index (χ0) is 13.7. The van der Waals surface area contributed by atoms with Gasteiger partial charge in [0.1, 0.15) is 11.5 Å². The molecule has 0 aliphatic carbocycles. The van der Waals surface area contributed by atoms with Gasteiger partial charge in [0, 0.05) is 6.04 Å². The summed E-state index contributed by atoms with van der Waals surface area (Å²) in [5, 5.41) is 0. The van der Waals surface area contributed by atoms with Gasteiger partial charge in [-0.25, -0.2) is 4.79 Å². The topological polar surface area (TPSA) is 107 Å². The van der Waals surface area contributed by atoms with E-state index >= 15 is 0 Å². The smallest absolute Gasteiger partial charge is 0.330 e. The Balaban J connectivity index is 3.23. The van der Waals surface area contributed by atoms with Crippen molar-refractivity contribution in [3.05, 3.63) is 20.8 Å². The summed E-state index contributed by atoms with van der Waals surface area (Å²) in [6, 6.07) is -0.103. The highest BCUT2D eigenvalue weighted by Gasteiger charge is 2.17. The first-order valence-corrected chi connectivity index (χ1v) is 6.42. The molecule has 0 aliphatic heterocycles. The van der Waals surface area contributed by atoms with Crippen molar-refractivity contribution in [1.82, 2.24) is 9.55 Å². The van der Waals surface area contributed by atoms with Crippen LogP contribution in [0.1, 0.15) is 52.0 Å². The van der Waals surface area contributed by atoms with E-state index in [9.17, 15) is 9.59 Å². The fourth-order valence-corrected chi connectivity index (χ4v) is 2.09. The second kappa shape index (κ2) is 6.28. The van der Waals surface area contributed by atoms with Gasteiger partial charge in [-0.1, -0.05) is 33.1 Å². The molecule has 0 spiro atoms. The van der Waals surface area contributed by atoms with Crippen molar-refractivity contribution in [2.75, 3.05) is 11.5 Å². The van der Waals surface area contributed by atoms with Gasteiger partial charge in [-0.15, -0.1) is 0 Å². The lowest BCUT2D eigenvalue weighted by Gasteiger charge is -2.18. The van der Waals surface area contributed by atoms with E-state index in [1.54, 1.807) is 0 Å². The number of nitrogens with zero attached hydrogens (tertiary/aromatic N) is 1. The second-order valence-corrected chi connectivity index (χ2v) is 4.52. The second-order valence-electron chi connectivity index (χ2n) is 4.52. The summed E-state index contributed by atoms with van der Waals surface area (Å²) < 4.78 is 1.21. The number of H-pyrrole nitrogens is 1. The van der Waals surface area contributed by atoms with E-state index in [0.717, 1.165) is 32.1 Å². The van der Waals surface area contributed by atoms with Crippen LogP contribution >= 0.6 is 0 Å². The third-order valence-corrected chi connectivity index (χ3v) is 3.08. The van der Waals surface area contributed by atoms with E-state index in [1.165, 1.54) is 4.57 Å². The Hall–Kier alpha value is -1.72. The van der Waals surface area contributed by atoms with Crippen molar-refractivity contribution >= 4 is 11.5 Å². The van der Waals surface area contributed by atoms with E-state index < -0.39 is 11.2 Å². The molecule has 6 nitrogen and oxygen atoms in total. The van der Waals surface area contributed by atoms with Crippen molar-refractivity contribution in [3.8, 4) is 0 Å². The maximum absolute atomic E-state index is 12.0. The molecule has 0 saturated heterocycles. The number of nitrogens with two attached hydrogens (primary N) is 2. The predicted octanol–water partition coefficient (Wildman–Crippen LogP) is 1.23. The summed E-state index contributed by atoms with van der Waals surface area (Å²) in [6.45, 7) is 4.10. The average molecular weight is 254 g/mol. The van der Waals surface area contributed by atoms with Crippen molar-refractivity contribution < 1.29 is 0 Å². The predicted molar refractivity (Wildman–Crippen MR) is 73.6 cm³/mol. The monoisotopic (exact) mass is 254 g/mol. The van der Waals surface area contributed by atoms with Gasteiger partial charge in [-0.2, -0.15) is 0 Å². The molecule has 1 heterocycles. The van der Waals surface area contributed by atoms with Crippen molar-refractivity contribution in [2.24, 2.45) is 0 Å². The fourth-order valence-electron chi connectivity index (χ4n) is 2.09. The van der Waals surface area contributed by atoms with Gasteiger partial charge in [0.15, 0.2) is 0 Å². The van der Waals surface area contributed by atoms with Crippen molar-refractivity contribution in [3.63, 3.8) is 0 Å². The van der Waals surface area contributed by atoms with Crippen LogP contribution in [-0.2, 0) is 0 Å². The van der Waals surface area contributed by atoms with Crippen molar-refractivity contribution in [2.45, 2.75) is 52.0 Å². The van der Waals surface area contributed by atoms with Crippen LogP contribution in [-0.4, -0.2) is 9.55 Å². The molecule has 1 aromatic rings. The third kappa shape index (κ3) is 2.94. The zero-order valence-electron chi connectivity index (χ0n) is 11.0. The van der Waals surface area contributed by atoms with Gasteiger partial charge < -0.3 is 11.5 Å². The Morgan fingerprint density at radius 2 is 1.83 bits per heavy atom. The van der Waals surface area contributed by atoms with Gasteiger partial charge in [-0.05, 0) is 12.8 Å². The number of aromatic nitrogens is 2. The molecule has 0 amide bonds. The normalized spacial score (nSPS) is 12.6. The van der Waals surface area contributed by atoms with Gasteiger partial charge in [0.25, 0.3) is 5.56 Å². The van der Waals surface area contributed by atoms with E-state index in [2.05, 4.69) is 11.9 Å². The largest absolute Gasteiger partial charge is 0.391 e. The molecule has 0 fully saturated rings. The minimum Gasteiger partial charge on any atom is -0.391 e. The minimum atomic E-state index is -0.481. The minimum absolute atomic E-state index is 0.0491. The molecule has 0 saturated carbocycles. The van der Waals surface area contributed by atoms with Gasteiger partial charge in [-0.3, -0.25) is 14.3 Å². The van der Waals surface area contributed by atoms with Gasteiger partial charge in [0.05, 0.1) is 0 Å². The lowest BCUT2D eigenvalue weighted by atomic mass is 10.0. The Labute approximate surface area is 106 Å². The molecule has 1 atom stereocenters. The van der Waals surface area contributed by atoms with Crippen LogP contribution in [0.4, 0.5) is 11.5 Å². The van der Waals surface area contributed by atoms with Crippen molar-refractivity contribution in [1.29, 1.82) is 0 Å². The summed E-state index contributed by atoms with van der Waals surface area (Å²) in [6.07, 6.45) is 4.49. The van der Waals surface area contributed by atoms with Crippen LogP contribution in [0.5, 0.6) is 0 Å². The molecule has 0 aliphatic rings. The highest BCUT2D eigenvalue weighted by molar-refractivity contribution is 5.55. The fraction of sp³-hybridized carbons (Fsp3) is 0.667.